The van der Waals surface area contributed by atoms with Crippen LogP contribution in [0.25, 0.3) is 0 Å². The highest BCUT2D eigenvalue weighted by Crippen LogP contribution is 2.45. The maximum Gasteiger partial charge on any atom is 0.245 e. The Kier molecular flexibility index (Phi) is 5.28. The van der Waals surface area contributed by atoms with Gasteiger partial charge in [-0.2, -0.15) is 0 Å². The molecule has 6 heteroatoms. The van der Waals surface area contributed by atoms with E-state index in [1.54, 1.807) is 25.4 Å². The third kappa shape index (κ3) is 3.73. The van der Waals surface area contributed by atoms with E-state index in [-0.39, 0.29) is 18.4 Å². The fourth-order valence-electron chi connectivity index (χ4n) is 3.38. The number of likely N-dealkylation sites (N-methyl/N-ethyl adjacent to an activating group) is 1. The van der Waals surface area contributed by atoms with Crippen molar-refractivity contribution in [3.63, 3.8) is 0 Å². The molecule has 0 atom stereocenters. The van der Waals surface area contributed by atoms with Gasteiger partial charge in [-0.3, -0.25) is 9.59 Å². The van der Waals surface area contributed by atoms with Gasteiger partial charge in [-0.05, 0) is 55.2 Å². The maximum absolute atomic E-state index is 13.1. The normalized spacial score (nSPS) is 15.0. The number of carbonyl (C=O) groups excluding carboxylic acids is 2. The second kappa shape index (κ2) is 7.46. The summed E-state index contributed by atoms with van der Waals surface area (Å²) in [5.41, 5.74) is 1.37. The van der Waals surface area contributed by atoms with Crippen LogP contribution in [0.2, 0.25) is 5.02 Å². The molecule has 1 aromatic heterocycles. The zero-order chi connectivity index (χ0) is 18.7. The molecule has 1 N–H and O–H groups in total. The number of hydrogen-bond donors (Lipinski definition) is 1. The Morgan fingerprint density at radius 1 is 1.27 bits per heavy atom. The average molecular weight is 372 g/mol. The molecule has 3 rings (SSSR count). The Morgan fingerprint density at radius 2 is 2.04 bits per heavy atom. The minimum atomic E-state index is -0.568. The van der Waals surface area contributed by atoms with Gasteiger partial charge >= 0.3 is 0 Å². The minimum absolute atomic E-state index is 0.0171. The summed E-state index contributed by atoms with van der Waals surface area (Å²) in [7, 11) is 1.66. The molecule has 1 fully saturated rings. The zero-order valence-corrected chi connectivity index (χ0v) is 15.7. The van der Waals surface area contributed by atoms with E-state index in [4.69, 9.17) is 11.6 Å². The molecule has 0 spiro atoms. The molecule has 1 aliphatic rings. The summed E-state index contributed by atoms with van der Waals surface area (Å²) in [5, 5.41) is 3.36. The Balaban J connectivity index is 1.69. The quantitative estimate of drug-likeness (QED) is 0.874. The molecule has 1 aromatic carbocycles. The molecule has 2 amide bonds. The number of amides is 2. The molecule has 0 aliphatic heterocycles. The van der Waals surface area contributed by atoms with E-state index >= 15 is 0 Å². The van der Waals surface area contributed by atoms with Crippen LogP contribution in [0, 0.1) is 6.92 Å². The van der Waals surface area contributed by atoms with E-state index in [9.17, 15) is 9.59 Å². The lowest BCUT2D eigenvalue weighted by Crippen LogP contribution is -2.51. The Bertz CT molecular complexity index is 833. The first-order chi connectivity index (χ1) is 12.4. The predicted molar refractivity (Wildman–Crippen MR) is 102 cm³/mol. The molecular weight excluding hydrogens is 350 g/mol. The van der Waals surface area contributed by atoms with Gasteiger partial charge in [0.2, 0.25) is 11.8 Å². The fraction of sp³-hybridized carbons (Fsp3) is 0.350. The van der Waals surface area contributed by atoms with Crippen molar-refractivity contribution in [3.05, 3.63) is 58.7 Å². The van der Waals surface area contributed by atoms with Crippen LogP contribution in [0.3, 0.4) is 0 Å². The smallest absolute Gasteiger partial charge is 0.245 e. The highest BCUT2D eigenvalue weighted by Gasteiger charge is 2.47. The first-order valence-corrected chi connectivity index (χ1v) is 9.03. The van der Waals surface area contributed by atoms with Gasteiger partial charge in [0.1, 0.15) is 5.82 Å². The van der Waals surface area contributed by atoms with Gasteiger partial charge in [0.05, 0.1) is 12.0 Å². The number of rotatable bonds is 5. The topological polar surface area (TPSA) is 62.3 Å². The molecule has 0 radical (unpaired) electrons. The van der Waals surface area contributed by atoms with Gasteiger partial charge in [0.25, 0.3) is 0 Å². The van der Waals surface area contributed by atoms with Crippen LogP contribution in [0.15, 0.2) is 42.6 Å². The highest BCUT2D eigenvalue weighted by atomic mass is 35.5. The summed E-state index contributed by atoms with van der Waals surface area (Å²) in [6, 6.07) is 11.1. The van der Waals surface area contributed by atoms with Crippen LogP contribution in [-0.2, 0) is 15.0 Å². The van der Waals surface area contributed by atoms with Crippen molar-refractivity contribution in [1.82, 2.24) is 9.88 Å². The number of nitrogens with one attached hydrogen (secondary N) is 1. The van der Waals surface area contributed by atoms with Crippen LogP contribution in [-0.4, -0.2) is 35.3 Å². The SMILES string of the molecule is Cc1ccnc(NC(=O)CN(C)C(=O)C2(c3cccc(Cl)c3)CCC2)c1. The molecule has 1 saturated carbocycles. The molecule has 26 heavy (non-hydrogen) atoms. The first kappa shape index (κ1) is 18.4. The number of aromatic nitrogens is 1. The van der Waals surface area contributed by atoms with Crippen molar-refractivity contribution < 1.29 is 9.59 Å². The average Bonchev–Trinajstić information content (AvgIpc) is 2.53. The zero-order valence-electron chi connectivity index (χ0n) is 15.0. The minimum Gasteiger partial charge on any atom is -0.336 e. The van der Waals surface area contributed by atoms with Crippen molar-refractivity contribution in [2.75, 3.05) is 18.9 Å². The van der Waals surface area contributed by atoms with Crippen molar-refractivity contribution in [1.29, 1.82) is 0 Å². The predicted octanol–water partition coefficient (Wildman–Crippen LogP) is 3.56. The van der Waals surface area contributed by atoms with Crippen molar-refractivity contribution in [2.24, 2.45) is 0 Å². The number of hydrogen-bond acceptors (Lipinski definition) is 3. The molecule has 0 bridgehead atoms. The van der Waals surface area contributed by atoms with Gasteiger partial charge in [0.15, 0.2) is 0 Å². The maximum atomic E-state index is 13.1. The number of anilines is 1. The van der Waals surface area contributed by atoms with Gasteiger partial charge < -0.3 is 10.2 Å². The highest BCUT2D eigenvalue weighted by molar-refractivity contribution is 6.30. The fourth-order valence-corrected chi connectivity index (χ4v) is 3.57. The summed E-state index contributed by atoms with van der Waals surface area (Å²) in [6.45, 7) is 1.91. The molecule has 136 valence electrons. The monoisotopic (exact) mass is 371 g/mol. The molecule has 1 aliphatic carbocycles. The van der Waals surface area contributed by atoms with Gasteiger partial charge in [-0.15, -0.1) is 0 Å². The number of benzene rings is 1. The summed E-state index contributed by atoms with van der Waals surface area (Å²) in [5.74, 6) is 0.182. The van der Waals surface area contributed by atoms with Gasteiger partial charge in [0, 0.05) is 18.3 Å². The molecule has 5 nitrogen and oxygen atoms in total. The molecule has 2 aromatic rings. The standard InChI is InChI=1S/C20H22ClN3O2/c1-14-7-10-22-17(11-14)23-18(25)13-24(2)19(26)20(8-4-9-20)15-5-3-6-16(21)12-15/h3,5-7,10-12H,4,8-9,13H2,1-2H3,(H,22,23,25). The largest absolute Gasteiger partial charge is 0.336 e. The lowest BCUT2D eigenvalue weighted by Gasteiger charge is -2.43. The second-order valence-corrected chi connectivity index (χ2v) is 7.31. The first-order valence-electron chi connectivity index (χ1n) is 8.65. The molecule has 1 heterocycles. The van der Waals surface area contributed by atoms with Gasteiger partial charge in [-0.1, -0.05) is 30.2 Å². The Hall–Kier alpha value is -2.40. The molecule has 0 saturated heterocycles. The van der Waals surface area contributed by atoms with E-state index in [1.807, 2.05) is 31.2 Å². The third-order valence-electron chi connectivity index (χ3n) is 4.90. The second-order valence-electron chi connectivity index (χ2n) is 6.87. The van der Waals surface area contributed by atoms with Crippen LogP contribution in [0.4, 0.5) is 5.82 Å². The lowest BCUT2D eigenvalue weighted by atomic mass is 9.63. The number of pyridine rings is 1. The van der Waals surface area contributed by atoms with E-state index in [0.29, 0.717) is 10.8 Å². The molecule has 0 unspecified atom stereocenters. The van der Waals surface area contributed by atoms with E-state index < -0.39 is 5.41 Å². The number of carbonyl (C=O) groups is 2. The number of nitrogens with zero attached hydrogens (tertiary/aromatic N) is 2. The van der Waals surface area contributed by atoms with Crippen molar-refractivity contribution in [3.8, 4) is 0 Å². The summed E-state index contributed by atoms with van der Waals surface area (Å²) < 4.78 is 0. The van der Waals surface area contributed by atoms with E-state index in [0.717, 1.165) is 30.4 Å². The van der Waals surface area contributed by atoms with Crippen LogP contribution in [0.5, 0.6) is 0 Å². The summed E-state index contributed by atoms with van der Waals surface area (Å²) in [6.07, 6.45) is 4.18. The van der Waals surface area contributed by atoms with Gasteiger partial charge in [-0.25, -0.2) is 4.98 Å². The van der Waals surface area contributed by atoms with Crippen LogP contribution in [0.1, 0.15) is 30.4 Å². The lowest BCUT2D eigenvalue weighted by molar-refractivity contribution is -0.141. The van der Waals surface area contributed by atoms with E-state index in [1.165, 1.54) is 4.90 Å². The third-order valence-corrected chi connectivity index (χ3v) is 5.14. The van der Waals surface area contributed by atoms with Crippen LogP contribution >= 0.6 is 11.6 Å². The van der Waals surface area contributed by atoms with Crippen molar-refractivity contribution in [2.45, 2.75) is 31.6 Å². The van der Waals surface area contributed by atoms with Crippen molar-refractivity contribution >= 4 is 29.2 Å². The van der Waals surface area contributed by atoms with Crippen LogP contribution < -0.4 is 5.32 Å². The number of halogens is 1. The Labute approximate surface area is 158 Å². The summed E-state index contributed by atoms with van der Waals surface area (Å²) >= 11 is 6.11. The number of aryl methyl sites for hydroxylation is 1. The Morgan fingerprint density at radius 3 is 2.65 bits per heavy atom. The summed E-state index contributed by atoms with van der Waals surface area (Å²) in [4.78, 5) is 31.0. The molecular formula is C20H22ClN3O2. The van der Waals surface area contributed by atoms with E-state index in [2.05, 4.69) is 10.3 Å².